The number of carbonyl (C=O) groups is 1. The maximum absolute atomic E-state index is 14.3. The van der Waals surface area contributed by atoms with Crippen molar-refractivity contribution in [3.05, 3.63) is 64.8 Å². The molecule has 0 spiro atoms. The van der Waals surface area contributed by atoms with Gasteiger partial charge in [0.25, 0.3) is 0 Å². The second-order valence-corrected chi connectivity index (χ2v) is 12.4. The van der Waals surface area contributed by atoms with Crippen molar-refractivity contribution < 1.29 is 31.8 Å². The second-order valence-electron chi connectivity index (χ2n) is 11.5. The standard InChI is InChI=1S/C33H34F4N4O3S/c34-25-7-8-26(28(18-25)44-15-14-43-13-12-39-32(42)20-3-5-24(6-4-20)33(35,36)37)30-31-27(10-16-45-31)29(40-41-30)22-1-2-23-19-38-11-9-21(23)17-22/h1-2,7-8,10,16-18,20,24,38H,3-6,9,11-15,19H2,(H,39,42). The highest BCUT2D eigenvalue weighted by Crippen LogP contribution is 2.41. The van der Waals surface area contributed by atoms with Crippen LogP contribution < -0.4 is 15.4 Å². The van der Waals surface area contributed by atoms with Crippen LogP contribution in [0.3, 0.4) is 0 Å². The lowest BCUT2D eigenvalue weighted by Gasteiger charge is -2.29. The Bertz CT molecular complexity index is 1650. The van der Waals surface area contributed by atoms with Crippen LogP contribution in [-0.2, 0) is 22.5 Å². The Morgan fingerprint density at radius 2 is 1.80 bits per heavy atom. The average molecular weight is 643 g/mol. The number of nitrogens with one attached hydrogen (secondary N) is 2. The van der Waals surface area contributed by atoms with Crippen LogP contribution in [-0.4, -0.2) is 55.2 Å². The zero-order chi connectivity index (χ0) is 31.4. The van der Waals surface area contributed by atoms with E-state index in [2.05, 4.69) is 39.0 Å². The van der Waals surface area contributed by atoms with E-state index in [1.54, 1.807) is 6.07 Å². The van der Waals surface area contributed by atoms with Gasteiger partial charge in [0.1, 0.15) is 29.6 Å². The highest BCUT2D eigenvalue weighted by molar-refractivity contribution is 7.17. The van der Waals surface area contributed by atoms with Crippen LogP contribution >= 0.6 is 11.3 Å². The minimum absolute atomic E-state index is 0.0159. The van der Waals surface area contributed by atoms with Crippen LogP contribution in [0.5, 0.6) is 5.75 Å². The molecule has 45 heavy (non-hydrogen) atoms. The fourth-order valence-electron chi connectivity index (χ4n) is 6.09. The van der Waals surface area contributed by atoms with Gasteiger partial charge in [-0.15, -0.1) is 21.5 Å². The summed E-state index contributed by atoms with van der Waals surface area (Å²) in [5, 5.41) is 18.3. The molecule has 1 aliphatic carbocycles. The molecule has 238 valence electrons. The maximum Gasteiger partial charge on any atom is 0.391 e. The first-order chi connectivity index (χ1) is 21.8. The van der Waals surface area contributed by atoms with E-state index in [0.717, 1.165) is 40.9 Å². The summed E-state index contributed by atoms with van der Waals surface area (Å²) in [4.78, 5) is 12.3. The third-order valence-corrected chi connectivity index (χ3v) is 9.46. The van der Waals surface area contributed by atoms with Gasteiger partial charge >= 0.3 is 6.18 Å². The zero-order valence-electron chi connectivity index (χ0n) is 24.6. The summed E-state index contributed by atoms with van der Waals surface area (Å²) in [5.74, 6) is -2.09. The van der Waals surface area contributed by atoms with Crippen LogP contribution in [0, 0.1) is 17.7 Å². The largest absolute Gasteiger partial charge is 0.490 e. The summed E-state index contributed by atoms with van der Waals surface area (Å²) >= 11 is 1.54. The summed E-state index contributed by atoms with van der Waals surface area (Å²) in [6, 6.07) is 12.7. The Hall–Kier alpha value is -3.61. The third kappa shape index (κ3) is 7.29. The van der Waals surface area contributed by atoms with E-state index in [1.807, 2.05) is 11.4 Å². The SMILES string of the molecule is O=C(NCCOCCOc1cc(F)ccc1-c1nnc(-c2ccc3c(c2)CCNC3)c2ccsc12)C1CCC(C(F)(F)F)CC1. The predicted octanol–water partition coefficient (Wildman–Crippen LogP) is 6.69. The molecule has 7 nitrogen and oxygen atoms in total. The molecule has 4 aromatic rings. The lowest BCUT2D eigenvalue weighted by atomic mass is 9.81. The monoisotopic (exact) mass is 642 g/mol. The summed E-state index contributed by atoms with van der Waals surface area (Å²) in [6.45, 7) is 2.58. The van der Waals surface area contributed by atoms with Crippen molar-refractivity contribution in [2.45, 2.75) is 44.8 Å². The molecule has 1 fully saturated rings. The summed E-state index contributed by atoms with van der Waals surface area (Å²) in [6.07, 6.45) is -2.80. The van der Waals surface area contributed by atoms with Crippen LogP contribution in [0.15, 0.2) is 47.8 Å². The highest BCUT2D eigenvalue weighted by Gasteiger charge is 2.42. The fraction of sp³-hybridized carbons (Fsp3) is 0.424. The van der Waals surface area contributed by atoms with Gasteiger partial charge in [-0.3, -0.25) is 4.79 Å². The van der Waals surface area contributed by atoms with Crippen molar-refractivity contribution in [3.8, 4) is 28.3 Å². The van der Waals surface area contributed by atoms with E-state index in [0.29, 0.717) is 17.0 Å². The number of aromatic nitrogens is 2. The Morgan fingerprint density at radius 3 is 2.62 bits per heavy atom. The average Bonchev–Trinajstić information content (AvgIpc) is 3.54. The van der Waals surface area contributed by atoms with Crippen LogP contribution in [0.25, 0.3) is 32.6 Å². The van der Waals surface area contributed by atoms with Gasteiger partial charge in [0.15, 0.2) is 0 Å². The lowest BCUT2D eigenvalue weighted by Crippen LogP contribution is -2.37. The Balaban J connectivity index is 1.04. The molecule has 1 saturated carbocycles. The molecule has 0 saturated heterocycles. The third-order valence-electron chi connectivity index (χ3n) is 8.54. The topological polar surface area (TPSA) is 85.4 Å². The highest BCUT2D eigenvalue weighted by atomic mass is 32.1. The molecule has 12 heteroatoms. The Kier molecular flexibility index (Phi) is 9.62. The molecule has 2 aromatic carbocycles. The number of hydrogen-bond donors (Lipinski definition) is 2. The molecule has 3 heterocycles. The molecule has 0 radical (unpaired) electrons. The second kappa shape index (κ2) is 13.8. The van der Waals surface area contributed by atoms with Gasteiger partial charge in [-0.1, -0.05) is 12.1 Å². The number of thiophene rings is 1. The number of amides is 1. The molecule has 1 amide bonds. The number of alkyl halides is 3. The van der Waals surface area contributed by atoms with Gasteiger partial charge in [-0.05, 0) is 79.4 Å². The summed E-state index contributed by atoms with van der Waals surface area (Å²) in [7, 11) is 0. The summed E-state index contributed by atoms with van der Waals surface area (Å²) in [5.41, 5.74) is 5.64. The lowest BCUT2D eigenvalue weighted by molar-refractivity contribution is -0.184. The van der Waals surface area contributed by atoms with Gasteiger partial charge in [0, 0.05) is 41.6 Å². The molecule has 6 rings (SSSR count). The predicted molar refractivity (Wildman–Crippen MR) is 164 cm³/mol. The maximum atomic E-state index is 14.3. The molecule has 2 aromatic heterocycles. The van der Waals surface area contributed by atoms with Crippen molar-refractivity contribution >= 4 is 27.3 Å². The smallest absolute Gasteiger partial charge is 0.391 e. The van der Waals surface area contributed by atoms with E-state index >= 15 is 0 Å². The minimum atomic E-state index is -4.20. The molecule has 0 atom stereocenters. The Labute approximate surface area is 262 Å². The normalized spacial score (nSPS) is 18.5. The quantitative estimate of drug-likeness (QED) is 0.148. The first kappa shape index (κ1) is 31.4. The molecule has 2 aliphatic rings. The van der Waals surface area contributed by atoms with E-state index in [1.165, 1.54) is 34.6 Å². The van der Waals surface area contributed by atoms with Gasteiger partial charge in [-0.25, -0.2) is 4.39 Å². The number of benzene rings is 2. The van der Waals surface area contributed by atoms with Crippen molar-refractivity contribution in [2.24, 2.45) is 11.8 Å². The Morgan fingerprint density at radius 1 is 0.978 bits per heavy atom. The van der Waals surface area contributed by atoms with E-state index in [9.17, 15) is 22.4 Å². The number of carbonyl (C=O) groups excluding carboxylic acids is 1. The van der Waals surface area contributed by atoms with E-state index in [4.69, 9.17) is 9.47 Å². The number of ether oxygens (including phenoxy) is 2. The zero-order valence-corrected chi connectivity index (χ0v) is 25.4. The molecule has 1 aliphatic heterocycles. The number of nitrogens with zero attached hydrogens (tertiary/aromatic N) is 2. The summed E-state index contributed by atoms with van der Waals surface area (Å²) < 4.78 is 65.3. The van der Waals surface area contributed by atoms with Crippen LogP contribution in [0.4, 0.5) is 17.6 Å². The molecular weight excluding hydrogens is 608 g/mol. The van der Waals surface area contributed by atoms with Crippen molar-refractivity contribution in [3.63, 3.8) is 0 Å². The first-order valence-electron chi connectivity index (χ1n) is 15.2. The van der Waals surface area contributed by atoms with Crippen molar-refractivity contribution in [1.29, 1.82) is 0 Å². The van der Waals surface area contributed by atoms with Crippen molar-refractivity contribution in [2.75, 3.05) is 32.9 Å². The van der Waals surface area contributed by atoms with Gasteiger partial charge < -0.3 is 20.1 Å². The molecule has 0 bridgehead atoms. The first-order valence-corrected chi connectivity index (χ1v) is 16.1. The van der Waals surface area contributed by atoms with E-state index in [-0.39, 0.29) is 58.0 Å². The molecule has 0 unspecified atom stereocenters. The van der Waals surface area contributed by atoms with Gasteiger partial charge in [0.2, 0.25) is 5.91 Å². The van der Waals surface area contributed by atoms with Gasteiger partial charge in [-0.2, -0.15) is 13.2 Å². The van der Waals surface area contributed by atoms with E-state index < -0.39 is 23.8 Å². The van der Waals surface area contributed by atoms with Crippen molar-refractivity contribution in [1.82, 2.24) is 20.8 Å². The number of hydrogen-bond acceptors (Lipinski definition) is 7. The van der Waals surface area contributed by atoms with Gasteiger partial charge in [0.05, 0.1) is 23.8 Å². The van der Waals surface area contributed by atoms with Crippen LogP contribution in [0.2, 0.25) is 0 Å². The number of halogens is 4. The fourth-order valence-corrected chi connectivity index (χ4v) is 6.98. The molecular formula is C33H34F4N4O3S. The van der Waals surface area contributed by atoms with Crippen LogP contribution in [0.1, 0.15) is 36.8 Å². The number of rotatable bonds is 10. The number of fused-ring (bicyclic) bond motifs is 2. The molecule has 2 N–H and O–H groups in total. The minimum Gasteiger partial charge on any atom is -0.490 e.